The highest BCUT2D eigenvalue weighted by Crippen LogP contribution is 2.22. The van der Waals surface area contributed by atoms with Crippen molar-refractivity contribution in [3.8, 4) is 11.3 Å². The molecule has 0 radical (unpaired) electrons. The van der Waals surface area contributed by atoms with Gasteiger partial charge in [-0.1, -0.05) is 30.3 Å². The normalized spacial score (nSPS) is 10.3. The molecule has 0 atom stereocenters. The molecule has 0 bridgehead atoms. The molecule has 0 fully saturated rings. The van der Waals surface area contributed by atoms with Crippen molar-refractivity contribution >= 4 is 0 Å². The van der Waals surface area contributed by atoms with Crippen LogP contribution in [-0.2, 0) is 0 Å². The molecule has 15 heavy (non-hydrogen) atoms. The summed E-state index contributed by atoms with van der Waals surface area (Å²) in [4.78, 5) is 0. The minimum absolute atomic E-state index is 0.985. The SMILES string of the molecule is Cc1nnc(-c2ccccc2)c(C)c1C. The zero-order valence-electron chi connectivity index (χ0n) is 9.28. The van der Waals surface area contributed by atoms with Crippen LogP contribution in [0.5, 0.6) is 0 Å². The van der Waals surface area contributed by atoms with Gasteiger partial charge >= 0.3 is 0 Å². The van der Waals surface area contributed by atoms with Gasteiger partial charge in [-0.05, 0) is 31.9 Å². The number of rotatable bonds is 1. The van der Waals surface area contributed by atoms with E-state index in [1.165, 1.54) is 11.1 Å². The Bertz CT molecular complexity index is 475. The lowest BCUT2D eigenvalue weighted by Crippen LogP contribution is -1.98. The van der Waals surface area contributed by atoms with Gasteiger partial charge in [0.25, 0.3) is 0 Å². The summed E-state index contributed by atoms with van der Waals surface area (Å²) >= 11 is 0. The van der Waals surface area contributed by atoms with Crippen LogP contribution in [0.1, 0.15) is 16.8 Å². The maximum absolute atomic E-state index is 4.26. The van der Waals surface area contributed by atoms with Crippen LogP contribution in [0.15, 0.2) is 30.3 Å². The quantitative estimate of drug-likeness (QED) is 0.703. The predicted octanol–water partition coefficient (Wildman–Crippen LogP) is 3.07. The first-order chi connectivity index (χ1) is 7.20. The molecule has 1 aromatic carbocycles. The molecule has 2 rings (SSSR count). The van der Waals surface area contributed by atoms with Crippen molar-refractivity contribution in [1.82, 2.24) is 10.2 Å². The Kier molecular flexibility index (Phi) is 2.50. The lowest BCUT2D eigenvalue weighted by atomic mass is 10.0. The summed E-state index contributed by atoms with van der Waals surface area (Å²) in [5.41, 5.74) is 5.56. The molecule has 0 amide bonds. The summed E-state index contributed by atoms with van der Waals surface area (Å²) in [5, 5.41) is 8.42. The molecule has 1 aromatic heterocycles. The van der Waals surface area contributed by atoms with Crippen molar-refractivity contribution in [3.05, 3.63) is 47.2 Å². The van der Waals surface area contributed by atoms with Crippen LogP contribution in [0, 0.1) is 20.8 Å². The van der Waals surface area contributed by atoms with E-state index < -0.39 is 0 Å². The van der Waals surface area contributed by atoms with Gasteiger partial charge in [-0.3, -0.25) is 0 Å². The largest absolute Gasteiger partial charge is 0.155 e. The maximum Gasteiger partial charge on any atom is 0.0961 e. The van der Waals surface area contributed by atoms with Crippen molar-refractivity contribution in [1.29, 1.82) is 0 Å². The van der Waals surface area contributed by atoms with Crippen molar-refractivity contribution in [3.63, 3.8) is 0 Å². The fourth-order valence-corrected chi connectivity index (χ4v) is 1.59. The average molecular weight is 198 g/mol. The summed E-state index contributed by atoms with van der Waals surface area (Å²) in [6.45, 7) is 6.18. The minimum Gasteiger partial charge on any atom is -0.155 e. The number of benzene rings is 1. The first-order valence-corrected chi connectivity index (χ1v) is 5.06. The van der Waals surface area contributed by atoms with E-state index in [9.17, 15) is 0 Å². The smallest absolute Gasteiger partial charge is 0.0961 e. The third kappa shape index (κ3) is 1.75. The fraction of sp³-hybridized carbons (Fsp3) is 0.231. The molecule has 0 aliphatic rings. The van der Waals surface area contributed by atoms with Gasteiger partial charge in [0.2, 0.25) is 0 Å². The third-order valence-corrected chi connectivity index (χ3v) is 2.81. The number of aryl methyl sites for hydroxylation is 1. The Hall–Kier alpha value is -1.70. The van der Waals surface area contributed by atoms with Crippen LogP contribution in [0.2, 0.25) is 0 Å². The van der Waals surface area contributed by atoms with Crippen LogP contribution < -0.4 is 0 Å². The second-order valence-corrected chi connectivity index (χ2v) is 3.75. The van der Waals surface area contributed by atoms with Gasteiger partial charge in [-0.15, -0.1) is 5.10 Å². The predicted molar refractivity (Wildman–Crippen MR) is 61.7 cm³/mol. The van der Waals surface area contributed by atoms with E-state index >= 15 is 0 Å². The summed E-state index contributed by atoms with van der Waals surface area (Å²) in [6, 6.07) is 10.2. The van der Waals surface area contributed by atoms with Crippen LogP contribution in [0.3, 0.4) is 0 Å². The van der Waals surface area contributed by atoms with Gasteiger partial charge in [0, 0.05) is 5.56 Å². The van der Waals surface area contributed by atoms with E-state index in [0.717, 1.165) is 17.0 Å². The third-order valence-electron chi connectivity index (χ3n) is 2.81. The number of hydrogen-bond acceptors (Lipinski definition) is 2. The highest BCUT2D eigenvalue weighted by Gasteiger charge is 2.07. The topological polar surface area (TPSA) is 25.8 Å². The van der Waals surface area contributed by atoms with E-state index in [1.54, 1.807) is 0 Å². The summed E-state index contributed by atoms with van der Waals surface area (Å²) in [7, 11) is 0. The molecule has 0 aliphatic carbocycles. The first kappa shape index (κ1) is 9.84. The van der Waals surface area contributed by atoms with Gasteiger partial charge in [0.15, 0.2) is 0 Å². The molecule has 1 heterocycles. The van der Waals surface area contributed by atoms with Crippen molar-refractivity contribution < 1.29 is 0 Å². The number of nitrogens with zero attached hydrogens (tertiary/aromatic N) is 2. The second-order valence-electron chi connectivity index (χ2n) is 3.75. The van der Waals surface area contributed by atoms with Crippen molar-refractivity contribution in [2.75, 3.05) is 0 Å². The maximum atomic E-state index is 4.26. The van der Waals surface area contributed by atoms with E-state index in [-0.39, 0.29) is 0 Å². The molecule has 0 aliphatic heterocycles. The zero-order chi connectivity index (χ0) is 10.8. The zero-order valence-corrected chi connectivity index (χ0v) is 9.28. The Morgan fingerprint density at radius 3 is 2.13 bits per heavy atom. The van der Waals surface area contributed by atoms with Crippen LogP contribution in [-0.4, -0.2) is 10.2 Å². The monoisotopic (exact) mass is 198 g/mol. The average Bonchev–Trinajstić information content (AvgIpc) is 2.27. The summed E-state index contributed by atoms with van der Waals surface area (Å²) in [5.74, 6) is 0. The molecular weight excluding hydrogens is 184 g/mol. The van der Waals surface area contributed by atoms with E-state index in [1.807, 2.05) is 25.1 Å². The second kappa shape index (κ2) is 3.81. The summed E-state index contributed by atoms with van der Waals surface area (Å²) in [6.07, 6.45) is 0. The Morgan fingerprint density at radius 1 is 0.800 bits per heavy atom. The lowest BCUT2D eigenvalue weighted by molar-refractivity contribution is 0.952. The Balaban J connectivity index is 2.60. The van der Waals surface area contributed by atoms with E-state index in [0.29, 0.717) is 0 Å². The highest BCUT2D eigenvalue weighted by molar-refractivity contribution is 5.63. The summed E-state index contributed by atoms with van der Waals surface area (Å²) < 4.78 is 0. The molecule has 0 saturated heterocycles. The molecule has 0 saturated carbocycles. The van der Waals surface area contributed by atoms with Crippen LogP contribution in [0.4, 0.5) is 0 Å². The van der Waals surface area contributed by atoms with Gasteiger partial charge in [-0.25, -0.2) is 0 Å². The van der Waals surface area contributed by atoms with Crippen molar-refractivity contribution in [2.24, 2.45) is 0 Å². The molecule has 76 valence electrons. The number of hydrogen-bond donors (Lipinski definition) is 0. The minimum atomic E-state index is 0.985. The molecule has 0 spiro atoms. The molecule has 0 unspecified atom stereocenters. The lowest BCUT2D eigenvalue weighted by Gasteiger charge is -2.08. The van der Waals surface area contributed by atoms with Gasteiger partial charge in [0.05, 0.1) is 11.4 Å². The van der Waals surface area contributed by atoms with Gasteiger partial charge in [-0.2, -0.15) is 5.10 Å². The first-order valence-electron chi connectivity index (χ1n) is 5.06. The van der Waals surface area contributed by atoms with Gasteiger partial charge in [0.1, 0.15) is 0 Å². The standard InChI is InChI=1S/C13H14N2/c1-9-10(2)13(15-14-11(9)3)12-7-5-4-6-8-12/h4-8H,1-3H3. The van der Waals surface area contributed by atoms with Crippen LogP contribution >= 0.6 is 0 Å². The Morgan fingerprint density at radius 2 is 1.47 bits per heavy atom. The molecule has 0 N–H and O–H groups in total. The van der Waals surface area contributed by atoms with Crippen molar-refractivity contribution in [2.45, 2.75) is 20.8 Å². The molecule has 2 heteroatoms. The highest BCUT2D eigenvalue weighted by atomic mass is 15.1. The van der Waals surface area contributed by atoms with E-state index in [4.69, 9.17) is 0 Å². The van der Waals surface area contributed by atoms with Gasteiger partial charge < -0.3 is 0 Å². The molecule has 2 aromatic rings. The number of aromatic nitrogens is 2. The Labute approximate surface area is 90.0 Å². The molecule has 2 nitrogen and oxygen atoms in total. The fourth-order valence-electron chi connectivity index (χ4n) is 1.59. The van der Waals surface area contributed by atoms with E-state index in [2.05, 4.69) is 36.2 Å². The molecular formula is C13H14N2. The van der Waals surface area contributed by atoms with Crippen LogP contribution in [0.25, 0.3) is 11.3 Å².